The number of urea groups is 1. The third-order valence-corrected chi connectivity index (χ3v) is 7.61. The van der Waals surface area contributed by atoms with Crippen LogP contribution in [0.2, 0.25) is 0 Å². The van der Waals surface area contributed by atoms with Crippen LogP contribution in [0.4, 0.5) is 9.18 Å². The Kier molecular flexibility index (Phi) is 6.83. The summed E-state index contributed by atoms with van der Waals surface area (Å²) in [7, 11) is 0. The predicted molar refractivity (Wildman–Crippen MR) is 115 cm³/mol. The lowest BCUT2D eigenvalue weighted by atomic mass is 10.1. The maximum atomic E-state index is 14.1. The maximum absolute atomic E-state index is 14.1. The standard InChI is InChI=1S/C22H30FN3O3S/c1-15(17-7-8-19(23)20(12-17)29-14-16-5-6-16)26-11-9-18(30-26)4-2-3-10-25-13-21(27)24-22(25)28/h7-8,12,15-16,18H,2-6,9-11,13-14H2,1H3,(H,24,27,28). The van der Waals surface area contributed by atoms with Gasteiger partial charge in [0.25, 0.3) is 0 Å². The van der Waals surface area contributed by atoms with E-state index >= 15 is 0 Å². The van der Waals surface area contributed by atoms with Gasteiger partial charge in [-0.05, 0) is 62.6 Å². The topological polar surface area (TPSA) is 61.9 Å². The number of nitrogens with zero attached hydrogens (tertiary/aromatic N) is 2. The second-order valence-electron chi connectivity index (χ2n) is 8.55. The number of hydrogen-bond donors (Lipinski definition) is 1. The molecular formula is C22H30FN3O3S. The Morgan fingerprint density at radius 1 is 1.27 bits per heavy atom. The summed E-state index contributed by atoms with van der Waals surface area (Å²) in [6.45, 7) is 4.61. The molecule has 1 aliphatic carbocycles. The van der Waals surface area contributed by atoms with Gasteiger partial charge in [-0.15, -0.1) is 0 Å². The van der Waals surface area contributed by atoms with E-state index in [0.717, 1.165) is 37.8 Å². The van der Waals surface area contributed by atoms with Crippen LogP contribution in [-0.4, -0.2) is 52.6 Å². The molecule has 0 bridgehead atoms. The van der Waals surface area contributed by atoms with E-state index in [1.54, 1.807) is 4.90 Å². The van der Waals surface area contributed by atoms with Gasteiger partial charge in [0.2, 0.25) is 5.91 Å². The molecule has 3 fully saturated rings. The lowest BCUT2D eigenvalue weighted by molar-refractivity contribution is -0.118. The maximum Gasteiger partial charge on any atom is 0.324 e. The van der Waals surface area contributed by atoms with Gasteiger partial charge >= 0.3 is 6.03 Å². The Balaban J connectivity index is 1.21. The quantitative estimate of drug-likeness (QED) is 0.340. The number of ether oxygens (including phenoxy) is 1. The molecule has 1 aromatic carbocycles. The van der Waals surface area contributed by atoms with E-state index < -0.39 is 0 Å². The van der Waals surface area contributed by atoms with Crippen molar-refractivity contribution in [2.24, 2.45) is 5.92 Å². The van der Waals surface area contributed by atoms with Crippen LogP contribution in [0.1, 0.15) is 57.1 Å². The first-order chi connectivity index (χ1) is 14.5. The molecule has 2 saturated heterocycles. The molecule has 2 aliphatic heterocycles. The van der Waals surface area contributed by atoms with Crippen molar-refractivity contribution in [1.82, 2.24) is 14.5 Å². The molecule has 0 radical (unpaired) electrons. The number of halogens is 1. The predicted octanol–water partition coefficient (Wildman–Crippen LogP) is 4.12. The third-order valence-electron chi connectivity index (χ3n) is 6.07. The molecule has 30 heavy (non-hydrogen) atoms. The number of rotatable bonds is 10. The molecular weight excluding hydrogens is 405 g/mol. The van der Waals surface area contributed by atoms with Gasteiger partial charge in [0.05, 0.1) is 6.61 Å². The van der Waals surface area contributed by atoms with Crippen molar-refractivity contribution < 1.29 is 18.7 Å². The van der Waals surface area contributed by atoms with Crippen LogP contribution < -0.4 is 10.1 Å². The SMILES string of the molecule is CC(c1ccc(F)c(OCC2CC2)c1)N1CCC(CCCCN2CC(=O)NC2=O)S1. The minimum absolute atomic E-state index is 0.187. The number of carbonyl (C=O) groups excluding carboxylic acids is 2. The van der Waals surface area contributed by atoms with Crippen LogP contribution in [-0.2, 0) is 4.79 Å². The lowest BCUT2D eigenvalue weighted by Gasteiger charge is -2.24. The van der Waals surface area contributed by atoms with Crippen LogP contribution >= 0.6 is 11.9 Å². The highest BCUT2D eigenvalue weighted by Crippen LogP contribution is 2.39. The molecule has 2 unspecified atom stereocenters. The van der Waals surface area contributed by atoms with E-state index in [0.29, 0.717) is 30.1 Å². The van der Waals surface area contributed by atoms with Gasteiger partial charge in [-0.25, -0.2) is 13.5 Å². The molecule has 0 spiro atoms. The first-order valence-corrected chi connectivity index (χ1v) is 11.8. The summed E-state index contributed by atoms with van der Waals surface area (Å²) in [5.74, 6) is 0.474. The van der Waals surface area contributed by atoms with E-state index in [4.69, 9.17) is 4.74 Å². The Morgan fingerprint density at radius 3 is 2.83 bits per heavy atom. The highest BCUT2D eigenvalue weighted by molar-refractivity contribution is 7.97. The fraction of sp³-hybridized carbons (Fsp3) is 0.636. The van der Waals surface area contributed by atoms with Crippen molar-refractivity contribution in [1.29, 1.82) is 0 Å². The van der Waals surface area contributed by atoms with Gasteiger partial charge in [0.15, 0.2) is 11.6 Å². The van der Waals surface area contributed by atoms with E-state index in [1.807, 2.05) is 24.1 Å². The minimum Gasteiger partial charge on any atom is -0.490 e. The zero-order valence-electron chi connectivity index (χ0n) is 17.4. The van der Waals surface area contributed by atoms with Crippen LogP contribution in [0.25, 0.3) is 0 Å². The van der Waals surface area contributed by atoms with Crippen LogP contribution in [0.3, 0.4) is 0 Å². The van der Waals surface area contributed by atoms with Crippen molar-refractivity contribution >= 4 is 23.9 Å². The number of benzene rings is 1. The van der Waals surface area contributed by atoms with Gasteiger partial charge in [-0.1, -0.05) is 24.4 Å². The summed E-state index contributed by atoms with van der Waals surface area (Å²) in [6, 6.07) is 5.17. The molecule has 1 aromatic rings. The normalized spacial score (nSPS) is 23.1. The van der Waals surface area contributed by atoms with E-state index in [9.17, 15) is 14.0 Å². The summed E-state index contributed by atoms with van der Waals surface area (Å²) < 4.78 is 22.2. The molecule has 6 nitrogen and oxygen atoms in total. The second kappa shape index (κ2) is 9.56. The van der Waals surface area contributed by atoms with Crippen molar-refractivity contribution in [3.05, 3.63) is 29.6 Å². The fourth-order valence-electron chi connectivity index (χ4n) is 3.94. The Morgan fingerprint density at radius 2 is 2.10 bits per heavy atom. The number of amides is 3. The smallest absolute Gasteiger partial charge is 0.324 e. The molecule has 8 heteroatoms. The Bertz CT molecular complexity index is 789. The first-order valence-electron chi connectivity index (χ1n) is 10.9. The van der Waals surface area contributed by atoms with Crippen LogP contribution in [0.15, 0.2) is 18.2 Å². The van der Waals surface area contributed by atoms with Gasteiger partial charge in [-0.3, -0.25) is 10.1 Å². The van der Waals surface area contributed by atoms with Crippen LogP contribution in [0.5, 0.6) is 5.75 Å². The summed E-state index contributed by atoms with van der Waals surface area (Å²) in [4.78, 5) is 24.4. The number of hydrogen-bond acceptors (Lipinski definition) is 5. The summed E-state index contributed by atoms with van der Waals surface area (Å²) >= 11 is 1.89. The summed E-state index contributed by atoms with van der Waals surface area (Å²) in [6.07, 6.45) is 6.54. The van der Waals surface area contributed by atoms with Crippen molar-refractivity contribution in [3.63, 3.8) is 0 Å². The fourth-order valence-corrected chi connectivity index (χ4v) is 5.32. The average Bonchev–Trinajstić information content (AvgIpc) is 3.34. The lowest BCUT2D eigenvalue weighted by Crippen LogP contribution is -2.29. The molecule has 2 heterocycles. The van der Waals surface area contributed by atoms with Crippen molar-refractivity contribution in [2.45, 2.75) is 56.7 Å². The molecule has 2 atom stereocenters. The second-order valence-corrected chi connectivity index (χ2v) is 9.89. The molecule has 0 aromatic heterocycles. The summed E-state index contributed by atoms with van der Waals surface area (Å²) in [5, 5.41) is 2.87. The van der Waals surface area contributed by atoms with Gasteiger partial charge < -0.3 is 9.64 Å². The number of imide groups is 1. The zero-order valence-corrected chi connectivity index (χ0v) is 18.3. The Hall–Kier alpha value is -1.80. The first kappa shape index (κ1) is 21.4. The largest absolute Gasteiger partial charge is 0.490 e. The van der Waals surface area contributed by atoms with Crippen LogP contribution in [0, 0.1) is 11.7 Å². The monoisotopic (exact) mass is 435 g/mol. The van der Waals surface area contributed by atoms with Gasteiger partial charge in [-0.2, -0.15) is 0 Å². The number of unbranched alkanes of at least 4 members (excludes halogenated alkanes) is 1. The number of carbonyl (C=O) groups is 2. The highest BCUT2D eigenvalue weighted by atomic mass is 32.2. The number of nitrogens with one attached hydrogen (secondary N) is 1. The average molecular weight is 436 g/mol. The molecule has 4 rings (SSSR count). The van der Waals surface area contributed by atoms with E-state index in [-0.39, 0.29) is 30.3 Å². The highest BCUT2D eigenvalue weighted by Gasteiger charge is 2.29. The Labute approximate surface area is 181 Å². The van der Waals surface area contributed by atoms with E-state index in [2.05, 4.69) is 16.5 Å². The van der Waals surface area contributed by atoms with Gasteiger partial charge in [0.1, 0.15) is 6.54 Å². The molecule has 164 valence electrons. The third kappa shape index (κ3) is 5.46. The van der Waals surface area contributed by atoms with Crippen molar-refractivity contribution in [3.8, 4) is 5.75 Å². The van der Waals surface area contributed by atoms with Crippen molar-refractivity contribution in [2.75, 3.05) is 26.2 Å². The summed E-state index contributed by atoms with van der Waals surface area (Å²) in [5.41, 5.74) is 1.08. The molecule has 3 aliphatic rings. The molecule has 1 N–H and O–H groups in total. The van der Waals surface area contributed by atoms with Gasteiger partial charge in [0, 0.05) is 24.4 Å². The minimum atomic E-state index is -0.285. The molecule has 3 amide bonds. The zero-order chi connectivity index (χ0) is 21.1. The molecule has 1 saturated carbocycles. The van der Waals surface area contributed by atoms with E-state index in [1.165, 1.54) is 18.9 Å².